The number of carbonyl (C=O) groups is 2. The molecule has 0 atom stereocenters. The van der Waals surface area contributed by atoms with Crippen LogP contribution in [0.5, 0.6) is 0 Å². The van der Waals surface area contributed by atoms with Crippen LogP contribution in [0, 0.1) is 5.82 Å². The number of carbonyl (C=O) groups excluding carboxylic acids is 2. The van der Waals surface area contributed by atoms with Gasteiger partial charge in [-0.05, 0) is 48.2 Å². The number of anilines is 1. The van der Waals surface area contributed by atoms with Gasteiger partial charge in [-0.1, -0.05) is 12.1 Å². The lowest BCUT2D eigenvalue weighted by molar-refractivity contribution is -0.113. The molecule has 4 rings (SSSR count). The van der Waals surface area contributed by atoms with Gasteiger partial charge in [-0.2, -0.15) is 0 Å². The van der Waals surface area contributed by atoms with Crippen LogP contribution in [0.3, 0.4) is 0 Å². The summed E-state index contributed by atoms with van der Waals surface area (Å²) in [5.74, 6) is -0.872. The van der Waals surface area contributed by atoms with Gasteiger partial charge in [0.1, 0.15) is 5.82 Å². The summed E-state index contributed by atoms with van der Waals surface area (Å²) in [5.41, 5.74) is 2.40. The lowest BCUT2D eigenvalue weighted by Gasteiger charge is -2.11. The fourth-order valence-corrected chi connectivity index (χ4v) is 3.39. The molecule has 2 aromatic carbocycles. The minimum Gasteiger partial charge on any atom is -0.268 e. The van der Waals surface area contributed by atoms with Gasteiger partial charge < -0.3 is 0 Å². The molecule has 1 fully saturated rings. The first kappa shape index (κ1) is 15.5. The quantitative estimate of drug-likeness (QED) is 0.653. The maximum atomic E-state index is 13.1. The second-order valence-electron chi connectivity index (χ2n) is 5.26. The highest BCUT2D eigenvalue weighted by Gasteiger charge is 2.36. The molecule has 5 nitrogen and oxygen atoms in total. The number of halogens is 1. The van der Waals surface area contributed by atoms with Crippen molar-refractivity contribution in [2.75, 3.05) is 4.90 Å². The standard InChI is InChI=1S/C18H10FN3O2S/c19-12-4-6-13(7-5-12)22-17(23)15(25-18(22)24)10-11-2-1-3-14-16(11)21-9-8-20-14/h1-10H/b15-10-. The smallest absolute Gasteiger partial charge is 0.268 e. The zero-order valence-corrected chi connectivity index (χ0v) is 13.5. The zero-order chi connectivity index (χ0) is 17.4. The molecule has 1 saturated heterocycles. The van der Waals surface area contributed by atoms with E-state index < -0.39 is 17.0 Å². The van der Waals surface area contributed by atoms with Crippen molar-refractivity contribution in [3.8, 4) is 0 Å². The van der Waals surface area contributed by atoms with Crippen molar-refractivity contribution in [3.05, 3.63) is 71.1 Å². The van der Waals surface area contributed by atoms with Crippen molar-refractivity contribution in [1.82, 2.24) is 9.97 Å². The van der Waals surface area contributed by atoms with Crippen molar-refractivity contribution < 1.29 is 14.0 Å². The van der Waals surface area contributed by atoms with Crippen LogP contribution >= 0.6 is 11.8 Å². The van der Waals surface area contributed by atoms with E-state index >= 15 is 0 Å². The number of hydrogen-bond donors (Lipinski definition) is 0. The second kappa shape index (κ2) is 6.10. The SMILES string of the molecule is O=C1S/C(=C\c2cccc3nccnc23)C(=O)N1c1ccc(F)cc1. The van der Waals surface area contributed by atoms with Crippen LogP contribution in [-0.4, -0.2) is 21.1 Å². The molecule has 2 amide bonds. The number of imide groups is 1. The van der Waals surface area contributed by atoms with E-state index in [1.54, 1.807) is 18.5 Å². The van der Waals surface area contributed by atoms with Crippen LogP contribution < -0.4 is 4.90 Å². The van der Waals surface area contributed by atoms with E-state index in [-0.39, 0.29) is 4.91 Å². The number of amides is 2. The Morgan fingerprint density at radius 1 is 1.00 bits per heavy atom. The highest BCUT2D eigenvalue weighted by molar-refractivity contribution is 8.19. The van der Waals surface area contributed by atoms with E-state index in [0.29, 0.717) is 22.3 Å². The van der Waals surface area contributed by atoms with Crippen molar-refractivity contribution >= 4 is 45.7 Å². The van der Waals surface area contributed by atoms with Crippen molar-refractivity contribution in [3.63, 3.8) is 0 Å². The molecular formula is C18H10FN3O2S. The number of aromatic nitrogens is 2. The molecule has 0 N–H and O–H groups in total. The summed E-state index contributed by atoms with van der Waals surface area (Å²) >= 11 is 0.841. The third kappa shape index (κ3) is 2.78. The van der Waals surface area contributed by atoms with Crippen molar-refractivity contribution in [1.29, 1.82) is 0 Å². The molecule has 7 heteroatoms. The van der Waals surface area contributed by atoms with E-state index in [1.807, 2.05) is 18.2 Å². The predicted octanol–water partition coefficient (Wildman–Crippen LogP) is 4.01. The normalized spacial score (nSPS) is 16.2. The summed E-state index contributed by atoms with van der Waals surface area (Å²) in [6, 6.07) is 10.7. The Hall–Kier alpha value is -3.06. The highest BCUT2D eigenvalue weighted by Crippen LogP contribution is 2.36. The Bertz CT molecular complexity index is 1030. The number of rotatable bonds is 2. The Kier molecular flexibility index (Phi) is 3.77. The summed E-state index contributed by atoms with van der Waals surface area (Å²) in [5, 5.41) is -0.422. The van der Waals surface area contributed by atoms with Crippen molar-refractivity contribution in [2.45, 2.75) is 0 Å². The summed E-state index contributed by atoms with van der Waals surface area (Å²) < 4.78 is 13.1. The van der Waals surface area contributed by atoms with Crippen LogP contribution in [0.15, 0.2) is 59.8 Å². The number of benzene rings is 2. The van der Waals surface area contributed by atoms with E-state index in [0.717, 1.165) is 16.7 Å². The fraction of sp³-hybridized carbons (Fsp3) is 0. The van der Waals surface area contributed by atoms with E-state index in [1.165, 1.54) is 24.3 Å². The average Bonchev–Trinajstić information content (AvgIpc) is 2.90. The van der Waals surface area contributed by atoms with Gasteiger partial charge in [0.25, 0.3) is 11.1 Å². The van der Waals surface area contributed by atoms with Gasteiger partial charge in [0.05, 0.1) is 21.6 Å². The van der Waals surface area contributed by atoms with Crippen LogP contribution in [0.4, 0.5) is 14.9 Å². The van der Waals surface area contributed by atoms with Crippen LogP contribution in [0.2, 0.25) is 0 Å². The van der Waals surface area contributed by atoms with E-state index in [9.17, 15) is 14.0 Å². The van der Waals surface area contributed by atoms with Crippen molar-refractivity contribution in [2.24, 2.45) is 0 Å². The summed E-state index contributed by atoms with van der Waals surface area (Å²) in [6.07, 6.45) is 4.80. The summed E-state index contributed by atoms with van der Waals surface area (Å²) in [4.78, 5) is 34.7. The Morgan fingerprint density at radius 3 is 2.56 bits per heavy atom. The van der Waals surface area contributed by atoms with Gasteiger partial charge in [0.15, 0.2) is 0 Å². The van der Waals surface area contributed by atoms with Gasteiger partial charge in [-0.15, -0.1) is 0 Å². The summed E-state index contributed by atoms with van der Waals surface area (Å²) in [6.45, 7) is 0. The minimum absolute atomic E-state index is 0.285. The minimum atomic E-state index is -0.442. The number of thioether (sulfide) groups is 1. The molecule has 0 unspecified atom stereocenters. The predicted molar refractivity (Wildman–Crippen MR) is 94.4 cm³/mol. The molecule has 3 aromatic rings. The Balaban J connectivity index is 1.74. The van der Waals surface area contributed by atoms with Gasteiger partial charge in [-0.25, -0.2) is 9.29 Å². The first-order valence-electron chi connectivity index (χ1n) is 7.37. The monoisotopic (exact) mass is 351 g/mol. The van der Waals surface area contributed by atoms with E-state index in [2.05, 4.69) is 9.97 Å². The van der Waals surface area contributed by atoms with Gasteiger partial charge in [-0.3, -0.25) is 19.6 Å². The molecule has 0 spiro atoms. The molecule has 1 aromatic heterocycles. The molecule has 1 aliphatic rings. The van der Waals surface area contributed by atoms with Crippen LogP contribution in [0.1, 0.15) is 5.56 Å². The summed E-state index contributed by atoms with van der Waals surface area (Å²) in [7, 11) is 0. The molecule has 0 bridgehead atoms. The lowest BCUT2D eigenvalue weighted by atomic mass is 10.1. The first-order chi connectivity index (χ1) is 12.1. The fourth-order valence-electron chi connectivity index (χ4n) is 2.55. The van der Waals surface area contributed by atoms with Gasteiger partial charge in [0.2, 0.25) is 0 Å². The largest absolute Gasteiger partial charge is 0.298 e. The van der Waals surface area contributed by atoms with Gasteiger partial charge >= 0.3 is 0 Å². The third-order valence-corrected chi connectivity index (χ3v) is 4.56. The topological polar surface area (TPSA) is 63.2 Å². The first-order valence-corrected chi connectivity index (χ1v) is 8.18. The Labute approximate surface area is 146 Å². The van der Waals surface area contributed by atoms with Crippen LogP contribution in [-0.2, 0) is 4.79 Å². The molecule has 122 valence electrons. The van der Waals surface area contributed by atoms with E-state index in [4.69, 9.17) is 0 Å². The molecule has 0 saturated carbocycles. The maximum absolute atomic E-state index is 13.1. The highest BCUT2D eigenvalue weighted by atomic mass is 32.2. The van der Waals surface area contributed by atoms with Crippen LogP contribution in [0.25, 0.3) is 17.1 Å². The third-order valence-electron chi connectivity index (χ3n) is 3.69. The zero-order valence-electron chi connectivity index (χ0n) is 12.7. The molecule has 25 heavy (non-hydrogen) atoms. The number of fused-ring (bicyclic) bond motifs is 1. The lowest BCUT2D eigenvalue weighted by Crippen LogP contribution is -2.27. The maximum Gasteiger partial charge on any atom is 0.298 e. The second-order valence-corrected chi connectivity index (χ2v) is 6.26. The molecule has 0 aliphatic carbocycles. The molecule has 1 aliphatic heterocycles. The number of nitrogens with zero attached hydrogens (tertiary/aromatic N) is 3. The van der Waals surface area contributed by atoms with Gasteiger partial charge in [0, 0.05) is 18.0 Å². The number of hydrogen-bond acceptors (Lipinski definition) is 5. The Morgan fingerprint density at radius 2 is 1.76 bits per heavy atom. The molecule has 0 radical (unpaired) electrons. The molecular weight excluding hydrogens is 341 g/mol. The number of para-hydroxylation sites is 1. The average molecular weight is 351 g/mol. The molecule has 2 heterocycles.